The SMILES string of the molecule is CCCCCN1CCC(CNC(=O)c2ccc3ccccc3c2)NC(CCN2CCCCC2)C1=O. The molecule has 2 saturated heterocycles. The molecule has 0 radical (unpaired) electrons. The van der Waals surface area contributed by atoms with Crippen LogP contribution in [0.5, 0.6) is 0 Å². The Morgan fingerprint density at radius 3 is 2.60 bits per heavy atom. The molecule has 2 heterocycles. The van der Waals surface area contributed by atoms with E-state index in [1.807, 2.05) is 36.4 Å². The van der Waals surface area contributed by atoms with Crippen molar-refractivity contribution in [3.8, 4) is 0 Å². The number of hydrogen-bond acceptors (Lipinski definition) is 4. The second kappa shape index (κ2) is 13.0. The lowest BCUT2D eigenvalue weighted by Gasteiger charge is -2.30. The van der Waals surface area contributed by atoms with Gasteiger partial charge in [0.25, 0.3) is 5.91 Å². The molecule has 0 aromatic heterocycles. The molecule has 0 spiro atoms. The van der Waals surface area contributed by atoms with Gasteiger partial charge in [-0.2, -0.15) is 0 Å². The average Bonchev–Trinajstić information content (AvgIpc) is 3.05. The number of likely N-dealkylation sites (tertiary alicyclic amines) is 1. The Hall–Kier alpha value is -2.44. The van der Waals surface area contributed by atoms with E-state index < -0.39 is 0 Å². The molecule has 6 heteroatoms. The van der Waals surface area contributed by atoms with Gasteiger partial charge in [-0.3, -0.25) is 9.59 Å². The Bertz CT molecular complexity index is 972. The second-order valence-corrected chi connectivity index (χ2v) is 10.2. The highest BCUT2D eigenvalue weighted by Gasteiger charge is 2.31. The average molecular weight is 479 g/mol. The summed E-state index contributed by atoms with van der Waals surface area (Å²) in [7, 11) is 0. The molecule has 35 heavy (non-hydrogen) atoms. The van der Waals surface area contributed by atoms with E-state index in [1.54, 1.807) is 0 Å². The van der Waals surface area contributed by atoms with Gasteiger partial charge in [0.15, 0.2) is 0 Å². The minimum Gasteiger partial charge on any atom is -0.350 e. The minimum atomic E-state index is -0.177. The first-order valence-electron chi connectivity index (χ1n) is 13.7. The minimum absolute atomic E-state index is 0.0576. The van der Waals surface area contributed by atoms with E-state index in [4.69, 9.17) is 0 Å². The van der Waals surface area contributed by atoms with Gasteiger partial charge in [-0.1, -0.05) is 56.5 Å². The van der Waals surface area contributed by atoms with Crippen molar-refractivity contribution < 1.29 is 9.59 Å². The smallest absolute Gasteiger partial charge is 0.251 e. The number of benzene rings is 2. The molecule has 190 valence electrons. The summed E-state index contributed by atoms with van der Waals surface area (Å²) in [5.41, 5.74) is 0.677. The Balaban J connectivity index is 1.36. The first-order valence-corrected chi connectivity index (χ1v) is 13.7. The van der Waals surface area contributed by atoms with Crippen molar-refractivity contribution >= 4 is 22.6 Å². The summed E-state index contributed by atoms with van der Waals surface area (Å²) in [6.07, 6.45) is 8.90. The number of nitrogens with zero attached hydrogens (tertiary/aromatic N) is 2. The normalized spacial score (nSPS) is 21.7. The first kappa shape index (κ1) is 25.6. The van der Waals surface area contributed by atoms with Gasteiger partial charge in [0.05, 0.1) is 6.04 Å². The zero-order valence-electron chi connectivity index (χ0n) is 21.3. The summed E-state index contributed by atoms with van der Waals surface area (Å²) in [6.45, 7) is 7.57. The highest BCUT2D eigenvalue weighted by atomic mass is 16.2. The lowest BCUT2D eigenvalue weighted by molar-refractivity contribution is -0.133. The van der Waals surface area contributed by atoms with Gasteiger partial charge < -0.3 is 20.4 Å². The van der Waals surface area contributed by atoms with Crippen LogP contribution in [0.15, 0.2) is 42.5 Å². The lowest BCUT2D eigenvalue weighted by Crippen LogP contribution is -2.50. The fourth-order valence-corrected chi connectivity index (χ4v) is 5.37. The fourth-order valence-electron chi connectivity index (χ4n) is 5.37. The number of nitrogens with one attached hydrogen (secondary N) is 2. The molecular weight excluding hydrogens is 436 g/mol. The molecule has 0 saturated carbocycles. The molecule has 2 N–H and O–H groups in total. The predicted octanol–water partition coefficient (Wildman–Crippen LogP) is 4.19. The third-order valence-electron chi connectivity index (χ3n) is 7.53. The monoisotopic (exact) mass is 478 g/mol. The van der Waals surface area contributed by atoms with Crippen molar-refractivity contribution in [3.05, 3.63) is 48.0 Å². The van der Waals surface area contributed by atoms with Crippen LogP contribution >= 0.6 is 0 Å². The number of amides is 2. The van der Waals surface area contributed by atoms with E-state index >= 15 is 0 Å². The first-order chi connectivity index (χ1) is 17.1. The number of carbonyl (C=O) groups excluding carboxylic acids is 2. The van der Waals surface area contributed by atoms with Crippen LogP contribution < -0.4 is 10.6 Å². The molecule has 2 aromatic carbocycles. The van der Waals surface area contributed by atoms with Gasteiger partial charge in [0, 0.05) is 37.8 Å². The fraction of sp³-hybridized carbons (Fsp3) is 0.586. The number of carbonyl (C=O) groups is 2. The highest BCUT2D eigenvalue weighted by Crippen LogP contribution is 2.17. The van der Waals surface area contributed by atoms with Crippen LogP contribution in [0.25, 0.3) is 10.8 Å². The number of hydrogen-bond donors (Lipinski definition) is 2. The van der Waals surface area contributed by atoms with Gasteiger partial charge >= 0.3 is 0 Å². The van der Waals surface area contributed by atoms with Crippen LogP contribution in [0.4, 0.5) is 0 Å². The van der Waals surface area contributed by atoms with Gasteiger partial charge in [-0.15, -0.1) is 0 Å². The zero-order chi connectivity index (χ0) is 24.5. The number of fused-ring (bicyclic) bond motifs is 1. The number of unbranched alkanes of at least 4 members (excludes halogenated alkanes) is 2. The largest absolute Gasteiger partial charge is 0.350 e. The summed E-state index contributed by atoms with van der Waals surface area (Å²) in [5, 5.41) is 8.96. The van der Waals surface area contributed by atoms with Crippen LogP contribution in [-0.4, -0.2) is 73.0 Å². The quantitative estimate of drug-likeness (QED) is 0.503. The molecular formula is C29H42N4O2. The molecule has 0 aliphatic carbocycles. The topological polar surface area (TPSA) is 64.7 Å². The van der Waals surface area contributed by atoms with Crippen molar-refractivity contribution in [2.75, 3.05) is 39.3 Å². The molecule has 6 nitrogen and oxygen atoms in total. The second-order valence-electron chi connectivity index (χ2n) is 10.2. The summed E-state index contributed by atoms with van der Waals surface area (Å²) in [5.74, 6) is 0.180. The van der Waals surface area contributed by atoms with E-state index in [0.717, 1.165) is 75.6 Å². The van der Waals surface area contributed by atoms with E-state index in [9.17, 15) is 9.59 Å². The van der Waals surface area contributed by atoms with Gasteiger partial charge in [0.1, 0.15) is 0 Å². The third-order valence-corrected chi connectivity index (χ3v) is 7.53. The van der Waals surface area contributed by atoms with Crippen LogP contribution in [0.1, 0.15) is 68.6 Å². The molecule has 2 aliphatic heterocycles. The molecule has 2 aromatic rings. The van der Waals surface area contributed by atoms with Crippen LogP contribution in [-0.2, 0) is 4.79 Å². The molecule has 0 bridgehead atoms. The maximum atomic E-state index is 13.4. The summed E-state index contributed by atoms with van der Waals surface area (Å²) in [4.78, 5) is 30.9. The maximum absolute atomic E-state index is 13.4. The Morgan fingerprint density at radius 2 is 1.80 bits per heavy atom. The van der Waals surface area contributed by atoms with Gasteiger partial charge in [0.2, 0.25) is 5.91 Å². The summed E-state index contributed by atoms with van der Waals surface area (Å²) >= 11 is 0. The van der Waals surface area contributed by atoms with Gasteiger partial charge in [-0.05, 0) is 68.1 Å². The summed E-state index contributed by atoms with van der Waals surface area (Å²) < 4.78 is 0. The molecule has 2 atom stereocenters. The molecule has 2 aliphatic rings. The van der Waals surface area contributed by atoms with Crippen LogP contribution in [0, 0.1) is 0 Å². The van der Waals surface area contributed by atoms with Crippen molar-refractivity contribution in [1.29, 1.82) is 0 Å². The highest BCUT2D eigenvalue weighted by molar-refractivity contribution is 5.98. The number of rotatable bonds is 10. The van der Waals surface area contributed by atoms with Crippen molar-refractivity contribution in [1.82, 2.24) is 20.4 Å². The Kier molecular flexibility index (Phi) is 9.55. The van der Waals surface area contributed by atoms with Crippen LogP contribution in [0.3, 0.4) is 0 Å². The zero-order valence-corrected chi connectivity index (χ0v) is 21.3. The van der Waals surface area contributed by atoms with E-state index in [0.29, 0.717) is 12.1 Å². The molecule has 4 rings (SSSR count). The standard InChI is InChI=1S/C29H42N4O2/c1-2-3-7-18-33-20-14-26(31-27(29(33)35)15-19-32-16-8-4-9-17-32)22-30-28(34)25-13-12-23-10-5-6-11-24(23)21-25/h5-6,10-13,21,26-27,31H,2-4,7-9,14-20,22H2,1H3,(H,30,34). The number of piperidine rings is 1. The third kappa shape index (κ3) is 7.28. The Labute approximate surface area is 210 Å². The van der Waals surface area contributed by atoms with Crippen molar-refractivity contribution in [2.45, 2.75) is 70.4 Å². The van der Waals surface area contributed by atoms with Crippen molar-refractivity contribution in [2.24, 2.45) is 0 Å². The maximum Gasteiger partial charge on any atom is 0.251 e. The van der Waals surface area contributed by atoms with Crippen molar-refractivity contribution in [3.63, 3.8) is 0 Å². The molecule has 2 amide bonds. The van der Waals surface area contributed by atoms with E-state index in [2.05, 4.69) is 33.4 Å². The van der Waals surface area contributed by atoms with Crippen LogP contribution in [0.2, 0.25) is 0 Å². The molecule has 2 fully saturated rings. The van der Waals surface area contributed by atoms with Gasteiger partial charge in [-0.25, -0.2) is 0 Å². The predicted molar refractivity (Wildman–Crippen MR) is 143 cm³/mol. The molecule has 2 unspecified atom stereocenters. The summed E-state index contributed by atoms with van der Waals surface area (Å²) in [6, 6.07) is 13.8. The Morgan fingerprint density at radius 1 is 1.00 bits per heavy atom. The van der Waals surface area contributed by atoms with E-state index in [-0.39, 0.29) is 23.9 Å². The lowest BCUT2D eigenvalue weighted by atomic mass is 10.1. The van der Waals surface area contributed by atoms with E-state index in [1.165, 1.54) is 19.3 Å².